The second-order valence-electron chi connectivity index (χ2n) is 3.27. The van der Waals surface area contributed by atoms with Crippen molar-refractivity contribution in [2.24, 2.45) is 0 Å². The number of H-pyrrole nitrogens is 1. The molecular formula is C8H6ClN7O3. The summed E-state index contributed by atoms with van der Waals surface area (Å²) in [5.41, 5.74) is -0.733. The lowest BCUT2D eigenvalue weighted by molar-refractivity contribution is -0.385. The Labute approximate surface area is 110 Å². The number of nitro groups is 1. The number of carbonyl (C=O) groups is 1. The molecule has 1 amide bonds. The number of pyridine rings is 1. The standard InChI is InChI=1S/C8H6ClN7O3/c9-7-6(16(18)19)4(1-2-10-7)8(17)11-3-5-12-14-15-13-5/h1-2H,3H2,(H,11,17)(H,12,13,14,15). The molecule has 2 N–H and O–H groups in total. The van der Waals surface area contributed by atoms with Gasteiger partial charge in [-0.15, -0.1) is 10.2 Å². The molecule has 0 aliphatic carbocycles. The fraction of sp³-hybridized carbons (Fsp3) is 0.125. The summed E-state index contributed by atoms with van der Waals surface area (Å²) in [7, 11) is 0. The average molecular weight is 284 g/mol. The van der Waals surface area contributed by atoms with E-state index in [2.05, 4.69) is 30.9 Å². The van der Waals surface area contributed by atoms with Crippen LogP contribution >= 0.6 is 11.6 Å². The summed E-state index contributed by atoms with van der Waals surface area (Å²) in [6.45, 7) is -0.0214. The van der Waals surface area contributed by atoms with Gasteiger partial charge >= 0.3 is 5.69 Å². The van der Waals surface area contributed by atoms with E-state index in [0.29, 0.717) is 0 Å². The molecule has 2 aromatic heterocycles. The van der Waals surface area contributed by atoms with E-state index in [9.17, 15) is 14.9 Å². The number of nitrogens with one attached hydrogen (secondary N) is 2. The molecule has 0 saturated heterocycles. The molecule has 0 bridgehead atoms. The van der Waals surface area contributed by atoms with Crippen LogP contribution in [0.25, 0.3) is 0 Å². The maximum absolute atomic E-state index is 11.8. The molecular weight excluding hydrogens is 278 g/mol. The largest absolute Gasteiger partial charge is 0.344 e. The highest BCUT2D eigenvalue weighted by molar-refractivity contribution is 6.32. The second kappa shape index (κ2) is 5.35. The van der Waals surface area contributed by atoms with Gasteiger partial charge in [-0.3, -0.25) is 14.9 Å². The van der Waals surface area contributed by atoms with E-state index in [4.69, 9.17) is 11.6 Å². The number of rotatable bonds is 4. The normalized spacial score (nSPS) is 10.2. The van der Waals surface area contributed by atoms with Crippen LogP contribution in [0.4, 0.5) is 5.69 Å². The predicted octanol–water partition coefficient (Wildman–Crippen LogP) is 0.0863. The van der Waals surface area contributed by atoms with Gasteiger partial charge in [-0.1, -0.05) is 16.8 Å². The first-order valence-electron chi connectivity index (χ1n) is 4.89. The lowest BCUT2D eigenvalue weighted by Crippen LogP contribution is -2.24. The smallest absolute Gasteiger partial charge is 0.319 e. The summed E-state index contributed by atoms with van der Waals surface area (Å²) in [5.74, 6) is -0.433. The van der Waals surface area contributed by atoms with Gasteiger partial charge < -0.3 is 5.32 Å². The highest BCUT2D eigenvalue weighted by Crippen LogP contribution is 2.25. The van der Waals surface area contributed by atoms with Crippen LogP contribution in [0, 0.1) is 10.1 Å². The van der Waals surface area contributed by atoms with E-state index in [1.807, 2.05) is 0 Å². The molecule has 0 aliphatic rings. The van der Waals surface area contributed by atoms with Gasteiger partial charge in [0.05, 0.1) is 11.5 Å². The second-order valence-corrected chi connectivity index (χ2v) is 3.62. The Hall–Kier alpha value is -2.62. The van der Waals surface area contributed by atoms with E-state index in [1.54, 1.807) is 0 Å². The number of aromatic amines is 1. The van der Waals surface area contributed by atoms with Crippen molar-refractivity contribution in [3.05, 3.63) is 38.9 Å². The summed E-state index contributed by atoms with van der Waals surface area (Å²) < 4.78 is 0. The summed E-state index contributed by atoms with van der Waals surface area (Å²) in [6, 6.07) is 1.20. The van der Waals surface area contributed by atoms with Crippen molar-refractivity contribution in [1.29, 1.82) is 0 Å². The Morgan fingerprint density at radius 3 is 3.00 bits per heavy atom. The number of carbonyl (C=O) groups excluding carboxylic acids is 1. The molecule has 10 nitrogen and oxygen atoms in total. The third kappa shape index (κ3) is 2.80. The molecule has 98 valence electrons. The third-order valence-electron chi connectivity index (χ3n) is 2.10. The van der Waals surface area contributed by atoms with E-state index < -0.39 is 16.5 Å². The van der Waals surface area contributed by atoms with Crippen molar-refractivity contribution in [3.8, 4) is 0 Å². The van der Waals surface area contributed by atoms with Crippen LogP contribution in [-0.2, 0) is 6.54 Å². The number of aromatic nitrogens is 5. The summed E-state index contributed by atoms with van der Waals surface area (Å²) in [4.78, 5) is 25.5. The van der Waals surface area contributed by atoms with Crippen LogP contribution < -0.4 is 5.32 Å². The van der Waals surface area contributed by atoms with E-state index in [1.165, 1.54) is 12.3 Å². The van der Waals surface area contributed by atoms with Crippen molar-refractivity contribution in [1.82, 2.24) is 30.9 Å². The van der Waals surface area contributed by atoms with Crippen molar-refractivity contribution in [2.45, 2.75) is 6.54 Å². The van der Waals surface area contributed by atoms with Crippen LogP contribution in [0.3, 0.4) is 0 Å². The molecule has 0 spiro atoms. The zero-order valence-electron chi connectivity index (χ0n) is 9.20. The average Bonchev–Trinajstić information content (AvgIpc) is 2.88. The maximum atomic E-state index is 11.8. The molecule has 0 saturated carbocycles. The molecule has 0 aromatic carbocycles. The number of hydrogen-bond donors (Lipinski definition) is 2. The number of halogens is 1. The van der Waals surface area contributed by atoms with Gasteiger partial charge in [0.15, 0.2) is 5.82 Å². The van der Waals surface area contributed by atoms with Crippen molar-refractivity contribution in [3.63, 3.8) is 0 Å². The van der Waals surface area contributed by atoms with Crippen LogP contribution in [0.1, 0.15) is 16.2 Å². The Morgan fingerprint density at radius 1 is 1.58 bits per heavy atom. The fourth-order valence-electron chi connectivity index (χ4n) is 1.30. The quantitative estimate of drug-likeness (QED) is 0.460. The van der Waals surface area contributed by atoms with Gasteiger partial charge in [0, 0.05) is 6.20 Å². The molecule has 0 unspecified atom stereocenters. The SMILES string of the molecule is O=C(NCc1nn[nH]n1)c1ccnc(Cl)c1[N+](=O)[O-]. The topological polar surface area (TPSA) is 140 Å². The number of nitrogens with zero attached hydrogens (tertiary/aromatic N) is 5. The Bertz CT molecular complexity index is 615. The summed E-state index contributed by atoms with van der Waals surface area (Å²) >= 11 is 5.60. The molecule has 0 atom stereocenters. The first-order chi connectivity index (χ1) is 9.09. The minimum atomic E-state index is -0.765. The van der Waals surface area contributed by atoms with E-state index >= 15 is 0 Å². The molecule has 0 aliphatic heterocycles. The van der Waals surface area contributed by atoms with Crippen LogP contribution in [0.15, 0.2) is 12.3 Å². The van der Waals surface area contributed by atoms with E-state index in [0.717, 1.165) is 0 Å². The molecule has 0 radical (unpaired) electrons. The number of hydrogen-bond acceptors (Lipinski definition) is 7. The summed E-state index contributed by atoms with van der Waals surface area (Å²) in [5, 5.41) is 25.7. The van der Waals surface area contributed by atoms with Crippen LogP contribution in [0.5, 0.6) is 0 Å². The van der Waals surface area contributed by atoms with E-state index in [-0.39, 0.29) is 23.1 Å². The molecule has 11 heteroatoms. The van der Waals surface area contributed by atoms with Gasteiger partial charge in [0.1, 0.15) is 5.56 Å². The molecule has 19 heavy (non-hydrogen) atoms. The van der Waals surface area contributed by atoms with Gasteiger partial charge in [0.2, 0.25) is 5.15 Å². The highest BCUT2D eigenvalue weighted by atomic mass is 35.5. The van der Waals surface area contributed by atoms with Crippen molar-refractivity contribution >= 4 is 23.2 Å². The predicted molar refractivity (Wildman–Crippen MR) is 61.2 cm³/mol. The minimum Gasteiger partial charge on any atom is -0.344 e. The third-order valence-corrected chi connectivity index (χ3v) is 2.38. The monoisotopic (exact) mass is 283 g/mol. The van der Waals surface area contributed by atoms with Gasteiger partial charge in [-0.2, -0.15) is 5.21 Å². The van der Waals surface area contributed by atoms with Gasteiger partial charge in [-0.05, 0) is 6.07 Å². The Kier molecular flexibility index (Phi) is 3.61. The van der Waals surface area contributed by atoms with Crippen LogP contribution in [0.2, 0.25) is 5.15 Å². The lowest BCUT2D eigenvalue weighted by atomic mass is 10.2. The highest BCUT2D eigenvalue weighted by Gasteiger charge is 2.24. The first kappa shape index (κ1) is 12.8. The Morgan fingerprint density at radius 2 is 2.37 bits per heavy atom. The van der Waals surface area contributed by atoms with Crippen molar-refractivity contribution in [2.75, 3.05) is 0 Å². The molecule has 2 rings (SSSR count). The zero-order chi connectivity index (χ0) is 13.8. The maximum Gasteiger partial charge on any atom is 0.319 e. The lowest BCUT2D eigenvalue weighted by Gasteiger charge is -2.04. The Balaban J connectivity index is 2.19. The van der Waals surface area contributed by atoms with Gasteiger partial charge in [0.25, 0.3) is 5.91 Å². The molecule has 2 heterocycles. The van der Waals surface area contributed by atoms with Crippen LogP contribution in [-0.4, -0.2) is 36.4 Å². The van der Waals surface area contributed by atoms with Crippen molar-refractivity contribution < 1.29 is 9.72 Å². The zero-order valence-corrected chi connectivity index (χ0v) is 9.96. The van der Waals surface area contributed by atoms with Gasteiger partial charge in [-0.25, -0.2) is 4.98 Å². The first-order valence-corrected chi connectivity index (χ1v) is 5.27. The fourth-order valence-corrected chi connectivity index (χ4v) is 1.52. The number of tetrazole rings is 1. The molecule has 2 aromatic rings. The molecule has 0 fully saturated rings. The number of amides is 1. The summed E-state index contributed by atoms with van der Waals surface area (Å²) in [6.07, 6.45) is 1.21. The minimum absolute atomic E-state index is 0.0214.